The number of nitrogens with one attached hydrogen (secondary N) is 2. The third-order valence-corrected chi connectivity index (χ3v) is 8.25. The number of benzene rings is 2. The summed E-state index contributed by atoms with van der Waals surface area (Å²) in [5, 5.41) is 17.1. The summed E-state index contributed by atoms with van der Waals surface area (Å²) < 4.78 is 0. The fraction of sp³-hybridized carbons (Fsp3) is 0.343. The van der Waals surface area contributed by atoms with Gasteiger partial charge in [0.25, 0.3) is 0 Å². The van der Waals surface area contributed by atoms with E-state index in [1.54, 1.807) is 12.4 Å². The van der Waals surface area contributed by atoms with Crippen LogP contribution in [0.2, 0.25) is 0 Å². The molecule has 0 unspecified atom stereocenters. The molecule has 4 aromatic rings. The van der Waals surface area contributed by atoms with Crippen molar-refractivity contribution < 1.29 is 5.11 Å². The van der Waals surface area contributed by atoms with Crippen molar-refractivity contribution in [3.8, 4) is 23.0 Å². The smallest absolute Gasteiger partial charge is 0.229 e. The molecule has 0 amide bonds. The van der Waals surface area contributed by atoms with Crippen LogP contribution in [0.15, 0.2) is 79.3 Å². The highest BCUT2D eigenvalue weighted by atomic mass is 16.3. The molecule has 220 valence electrons. The van der Waals surface area contributed by atoms with Crippen LogP contribution in [0.25, 0.3) is 11.1 Å². The van der Waals surface area contributed by atoms with Crippen LogP contribution in [0.5, 0.6) is 0 Å². The van der Waals surface area contributed by atoms with Gasteiger partial charge in [0.05, 0.1) is 6.10 Å². The molecule has 1 saturated carbocycles. The fourth-order valence-electron chi connectivity index (χ4n) is 5.58. The van der Waals surface area contributed by atoms with E-state index < -0.39 is 0 Å². The third-order valence-electron chi connectivity index (χ3n) is 8.25. The van der Waals surface area contributed by atoms with Gasteiger partial charge in [0.1, 0.15) is 5.82 Å². The number of aliphatic hydroxyl groups is 1. The van der Waals surface area contributed by atoms with Crippen molar-refractivity contribution in [1.82, 2.24) is 24.8 Å². The van der Waals surface area contributed by atoms with E-state index in [0.717, 1.165) is 92.2 Å². The Labute approximate surface area is 254 Å². The van der Waals surface area contributed by atoms with Gasteiger partial charge in [0.2, 0.25) is 5.95 Å². The standard InChI is InChI=1S/C35H39N7O/c1-41-19-21-42(22-20-41)25-28-6-10-29(11-7-28)33-24-37-35(40-34(33)38-30-14-16-32(43)17-15-30)39-31-12-8-26(9-13-31)4-5-27-3-2-18-36-23-27/h2-3,6-13,18,23-24,30,32,43H,14-17,19-22,25H2,1H3,(H2,37,38,39,40). The number of piperazine rings is 1. The van der Waals surface area contributed by atoms with Crippen LogP contribution in [0.1, 0.15) is 42.4 Å². The zero-order valence-electron chi connectivity index (χ0n) is 24.7. The lowest BCUT2D eigenvalue weighted by Crippen LogP contribution is -2.43. The van der Waals surface area contributed by atoms with Gasteiger partial charge in [-0.05, 0) is 80.3 Å². The van der Waals surface area contributed by atoms with E-state index in [-0.39, 0.29) is 12.1 Å². The van der Waals surface area contributed by atoms with Crippen LogP contribution >= 0.6 is 0 Å². The van der Waals surface area contributed by atoms with Gasteiger partial charge in [0, 0.05) is 79.7 Å². The maximum absolute atomic E-state index is 10.0. The van der Waals surface area contributed by atoms with Crippen LogP contribution < -0.4 is 10.6 Å². The summed E-state index contributed by atoms with van der Waals surface area (Å²) in [7, 11) is 2.19. The molecule has 8 heteroatoms. The van der Waals surface area contributed by atoms with Crippen molar-refractivity contribution in [2.75, 3.05) is 43.9 Å². The zero-order chi connectivity index (χ0) is 29.4. The van der Waals surface area contributed by atoms with Crippen molar-refractivity contribution in [3.63, 3.8) is 0 Å². The Hall–Kier alpha value is -4.29. The van der Waals surface area contributed by atoms with E-state index in [9.17, 15) is 5.11 Å². The van der Waals surface area contributed by atoms with Gasteiger partial charge in [-0.15, -0.1) is 0 Å². The third kappa shape index (κ3) is 7.96. The quantitative estimate of drug-likeness (QED) is 0.262. The Morgan fingerprint density at radius 2 is 1.60 bits per heavy atom. The molecule has 0 radical (unpaired) electrons. The van der Waals surface area contributed by atoms with E-state index in [1.165, 1.54) is 5.56 Å². The van der Waals surface area contributed by atoms with Gasteiger partial charge in [-0.1, -0.05) is 36.1 Å². The van der Waals surface area contributed by atoms with Crippen LogP contribution in [0, 0.1) is 11.8 Å². The molecular weight excluding hydrogens is 534 g/mol. The average molecular weight is 574 g/mol. The predicted molar refractivity (Wildman–Crippen MR) is 172 cm³/mol. The number of nitrogens with zero attached hydrogens (tertiary/aromatic N) is 5. The van der Waals surface area contributed by atoms with Crippen molar-refractivity contribution in [3.05, 3.63) is 95.9 Å². The normalized spacial score (nSPS) is 19.3. The first-order valence-electron chi connectivity index (χ1n) is 15.2. The number of aromatic nitrogens is 3. The Kier molecular flexibility index (Phi) is 9.24. The molecule has 2 aromatic heterocycles. The summed E-state index contributed by atoms with van der Waals surface area (Å²) in [5.41, 5.74) is 6.07. The minimum absolute atomic E-state index is 0.204. The van der Waals surface area contributed by atoms with Crippen molar-refractivity contribution >= 4 is 17.5 Å². The van der Waals surface area contributed by atoms with Crippen LogP contribution in [-0.2, 0) is 6.54 Å². The molecule has 0 bridgehead atoms. The first-order chi connectivity index (χ1) is 21.1. The molecule has 2 aliphatic rings. The van der Waals surface area contributed by atoms with Gasteiger partial charge >= 0.3 is 0 Å². The Balaban J connectivity index is 1.18. The SMILES string of the molecule is CN1CCN(Cc2ccc(-c3cnc(Nc4ccc(C#Cc5cccnc5)cc4)nc3NC3CCC(O)CC3)cc2)CC1. The maximum atomic E-state index is 10.0. The van der Waals surface area contributed by atoms with Crippen LogP contribution in [-0.4, -0.2) is 75.2 Å². The van der Waals surface area contributed by atoms with Gasteiger partial charge in [-0.25, -0.2) is 4.98 Å². The van der Waals surface area contributed by atoms with E-state index in [4.69, 9.17) is 4.98 Å². The van der Waals surface area contributed by atoms with Gasteiger partial charge in [-0.2, -0.15) is 4.98 Å². The first kappa shape index (κ1) is 28.8. The number of pyridine rings is 1. The Morgan fingerprint density at radius 1 is 0.860 bits per heavy atom. The second-order valence-electron chi connectivity index (χ2n) is 11.6. The van der Waals surface area contributed by atoms with E-state index in [1.807, 2.05) is 42.6 Å². The molecule has 0 atom stereocenters. The molecule has 2 aromatic carbocycles. The largest absolute Gasteiger partial charge is 0.393 e. The number of aliphatic hydroxyl groups excluding tert-OH is 1. The predicted octanol–water partition coefficient (Wildman–Crippen LogP) is 5.14. The molecule has 1 saturated heterocycles. The highest BCUT2D eigenvalue weighted by molar-refractivity contribution is 5.76. The highest BCUT2D eigenvalue weighted by Gasteiger charge is 2.21. The lowest BCUT2D eigenvalue weighted by Gasteiger charge is -2.32. The first-order valence-corrected chi connectivity index (χ1v) is 15.2. The summed E-state index contributed by atoms with van der Waals surface area (Å²) in [6.07, 6.45) is 8.64. The topological polar surface area (TPSA) is 89.4 Å². The molecular formula is C35H39N7O. The lowest BCUT2D eigenvalue weighted by atomic mass is 9.93. The van der Waals surface area contributed by atoms with E-state index >= 15 is 0 Å². The number of likely N-dealkylation sites (N-methyl/N-ethyl adjacent to an activating group) is 1. The molecule has 3 N–H and O–H groups in total. The molecule has 1 aliphatic carbocycles. The summed E-state index contributed by atoms with van der Waals surface area (Å²) in [6, 6.07) is 20.8. The summed E-state index contributed by atoms with van der Waals surface area (Å²) in [4.78, 5) is 18.6. The molecule has 1 aliphatic heterocycles. The number of rotatable bonds is 7. The minimum Gasteiger partial charge on any atom is -0.393 e. The molecule has 3 heterocycles. The zero-order valence-corrected chi connectivity index (χ0v) is 24.7. The highest BCUT2D eigenvalue weighted by Crippen LogP contribution is 2.31. The second kappa shape index (κ2) is 13.8. The molecule has 6 rings (SSSR count). The van der Waals surface area contributed by atoms with Crippen molar-refractivity contribution in [2.45, 2.75) is 44.4 Å². The minimum atomic E-state index is -0.204. The fourth-order valence-corrected chi connectivity index (χ4v) is 5.58. The second-order valence-corrected chi connectivity index (χ2v) is 11.6. The summed E-state index contributed by atoms with van der Waals surface area (Å²) in [5.74, 6) is 7.66. The molecule has 0 spiro atoms. The van der Waals surface area contributed by atoms with Crippen LogP contribution in [0.4, 0.5) is 17.5 Å². The average Bonchev–Trinajstić information content (AvgIpc) is 3.04. The van der Waals surface area contributed by atoms with Gasteiger partial charge in [0.15, 0.2) is 0 Å². The van der Waals surface area contributed by atoms with E-state index in [2.05, 4.69) is 73.6 Å². The lowest BCUT2D eigenvalue weighted by molar-refractivity contribution is 0.126. The number of hydrogen-bond acceptors (Lipinski definition) is 8. The molecule has 2 fully saturated rings. The van der Waals surface area contributed by atoms with Crippen LogP contribution in [0.3, 0.4) is 0 Å². The monoisotopic (exact) mass is 573 g/mol. The Morgan fingerprint density at radius 3 is 2.33 bits per heavy atom. The molecule has 8 nitrogen and oxygen atoms in total. The number of anilines is 3. The van der Waals surface area contributed by atoms with Gasteiger partial charge < -0.3 is 20.6 Å². The number of hydrogen-bond donors (Lipinski definition) is 3. The van der Waals surface area contributed by atoms with Gasteiger partial charge in [-0.3, -0.25) is 9.88 Å². The maximum Gasteiger partial charge on any atom is 0.229 e. The van der Waals surface area contributed by atoms with Crippen molar-refractivity contribution in [1.29, 1.82) is 0 Å². The Bertz CT molecular complexity index is 1530. The summed E-state index contributed by atoms with van der Waals surface area (Å²) in [6.45, 7) is 5.41. The molecule has 43 heavy (non-hydrogen) atoms. The van der Waals surface area contributed by atoms with E-state index in [0.29, 0.717) is 5.95 Å². The van der Waals surface area contributed by atoms with Crippen molar-refractivity contribution in [2.24, 2.45) is 0 Å². The summed E-state index contributed by atoms with van der Waals surface area (Å²) >= 11 is 0.